The molecular formula is C13H22N4. The van der Waals surface area contributed by atoms with Crippen molar-refractivity contribution in [2.45, 2.75) is 39.7 Å². The monoisotopic (exact) mass is 234 g/mol. The summed E-state index contributed by atoms with van der Waals surface area (Å²) >= 11 is 0. The maximum absolute atomic E-state index is 4.24. The molecule has 0 radical (unpaired) electrons. The van der Waals surface area contributed by atoms with E-state index in [4.69, 9.17) is 0 Å². The van der Waals surface area contributed by atoms with Crippen LogP contribution in [0, 0.1) is 13.8 Å². The van der Waals surface area contributed by atoms with Crippen LogP contribution >= 0.6 is 0 Å². The summed E-state index contributed by atoms with van der Waals surface area (Å²) in [6.45, 7) is 9.77. The van der Waals surface area contributed by atoms with Crippen LogP contribution in [0.5, 0.6) is 0 Å². The van der Waals surface area contributed by atoms with Crippen LogP contribution in [0.2, 0.25) is 0 Å². The molecule has 4 heteroatoms. The smallest absolute Gasteiger partial charge is 0.151 e. The molecule has 1 N–H and O–H groups in total. The zero-order chi connectivity index (χ0) is 12.3. The lowest BCUT2D eigenvalue weighted by molar-refractivity contribution is 0.226. The number of hydrogen-bond acceptors (Lipinski definition) is 4. The molecule has 94 valence electrons. The van der Waals surface area contributed by atoms with Crippen molar-refractivity contribution in [1.82, 2.24) is 15.1 Å². The summed E-state index contributed by atoms with van der Waals surface area (Å²) in [7, 11) is 0. The van der Waals surface area contributed by atoms with Crippen molar-refractivity contribution in [3.05, 3.63) is 17.3 Å². The molecule has 1 aromatic heterocycles. The first-order valence-electron chi connectivity index (χ1n) is 6.49. The number of likely N-dealkylation sites (tertiary alicyclic amines) is 1. The Kier molecular flexibility index (Phi) is 3.94. The molecule has 1 fully saturated rings. The molecule has 17 heavy (non-hydrogen) atoms. The zero-order valence-corrected chi connectivity index (χ0v) is 11.0. The van der Waals surface area contributed by atoms with E-state index in [1.54, 1.807) is 0 Å². The predicted octanol–water partition coefficient (Wildman–Crippen LogP) is 1.99. The number of aryl methyl sites for hydroxylation is 2. The molecule has 0 spiro atoms. The summed E-state index contributed by atoms with van der Waals surface area (Å²) in [6.07, 6.45) is 2.50. The summed E-state index contributed by atoms with van der Waals surface area (Å²) in [5, 5.41) is 11.9. The van der Waals surface area contributed by atoms with Gasteiger partial charge >= 0.3 is 0 Å². The van der Waals surface area contributed by atoms with Crippen LogP contribution in [-0.2, 0) is 0 Å². The molecule has 2 rings (SSSR count). The van der Waals surface area contributed by atoms with Gasteiger partial charge in [0.1, 0.15) is 0 Å². The Balaban J connectivity index is 2.00. The molecule has 0 bridgehead atoms. The van der Waals surface area contributed by atoms with E-state index in [1.165, 1.54) is 24.9 Å². The molecule has 4 nitrogen and oxygen atoms in total. The minimum absolute atomic E-state index is 0.513. The highest BCUT2D eigenvalue weighted by Crippen LogP contribution is 2.17. The van der Waals surface area contributed by atoms with Crippen molar-refractivity contribution in [1.29, 1.82) is 0 Å². The van der Waals surface area contributed by atoms with Crippen molar-refractivity contribution < 1.29 is 0 Å². The highest BCUT2D eigenvalue weighted by molar-refractivity contribution is 5.43. The van der Waals surface area contributed by atoms with E-state index in [1.807, 2.05) is 6.92 Å². The van der Waals surface area contributed by atoms with Gasteiger partial charge in [0.25, 0.3) is 0 Å². The SMILES string of the molecule is CCN1CCC[C@@H](Nc2nnc(C)cc2C)C1. The van der Waals surface area contributed by atoms with Crippen LogP contribution in [0.3, 0.4) is 0 Å². The van der Waals surface area contributed by atoms with Crippen molar-refractivity contribution >= 4 is 5.82 Å². The van der Waals surface area contributed by atoms with Crippen LogP contribution in [0.4, 0.5) is 5.82 Å². The number of piperidine rings is 1. The standard InChI is InChI=1S/C13H22N4/c1-4-17-7-5-6-12(9-17)14-13-10(2)8-11(3)15-16-13/h8,12H,4-7,9H2,1-3H3,(H,14,16)/t12-/m1/s1. The Labute approximate surface area is 103 Å². The third-order valence-electron chi connectivity index (χ3n) is 3.40. The molecule has 0 aromatic carbocycles. The molecule has 0 amide bonds. The topological polar surface area (TPSA) is 41.0 Å². The van der Waals surface area contributed by atoms with Gasteiger partial charge < -0.3 is 10.2 Å². The van der Waals surface area contributed by atoms with Crippen LogP contribution in [0.15, 0.2) is 6.07 Å². The lowest BCUT2D eigenvalue weighted by atomic mass is 10.1. The highest BCUT2D eigenvalue weighted by Gasteiger charge is 2.19. The number of likely N-dealkylation sites (N-methyl/N-ethyl adjacent to an activating group) is 1. The Morgan fingerprint density at radius 3 is 2.94 bits per heavy atom. The van der Waals surface area contributed by atoms with Gasteiger partial charge in [-0.1, -0.05) is 6.92 Å². The molecule has 0 aliphatic carbocycles. The molecular weight excluding hydrogens is 212 g/mol. The van der Waals surface area contributed by atoms with E-state index in [9.17, 15) is 0 Å². The minimum atomic E-state index is 0.513. The quantitative estimate of drug-likeness (QED) is 0.868. The minimum Gasteiger partial charge on any atom is -0.364 e. The number of rotatable bonds is 3. The van der Waals surface area contributed by atoms with Gasteiger partial charge in [-0.15, -0.1) is 5.10 Å². The van der Waals surface area contributed by atoms with Gasteiger partial charge in [0.15, 0.2) is 5.82 Å². The van der Waals surface area contributed by atoms with Gasteiger partial charge in [0.05, 0.1) is 5.69 Å². The summed E-state index contributed by atoms with van der Waals surface area (Å²) < 4.78 is 0. The van der Waals surface area contributed by atoms with E-state index in [0.717, 1.165) is 24.6 Å². The van der Waals surface area contributed by atoms with Crippen molar-refractivity contribution in [3.63, 3.8) is 0 Å². The van der Waals surface area contributed by atoms with Gasteiger partial charge in [-0.2, -0.15) is 5.10 Å². The van der Waals surface area contributed by atoms with Crippen molar-refractivity contribution in [3.8, 4) is 0 Å². The lowest BCUT2D eigenvalue weighted by Crippen LogP contribution is -2.42. The fourth-order valence-electron chi connectivity index (χ4n) is 2.41. The van der Waals surface area contributed by atoms with Crippen molar-refractivity contribution in [2.75, 3.05) is 25.0 Å². The molecule has 0 saturated carbocycles. The Bertz CT molecular complexity index is 378. The molecule has 1 atom stereocenters. The van der Waals surface area contributed by atoms with Gasteiger partial charge in [-0.25, -0.2) is 0 Å². The summed E-state index contributed by atoms with van der Waals surface area (Å²) in [6, 6.07) is 2.59. The number of nitrogens with zero attached hydrogens (tertiary/aromatic N) is 3. The summed E-state index contributed by atoms with van der Waals surface area (Å²) in [5.74, 6) is 0.943. The first-order chi connectivity index (χ1) is 8.19. The molecule has 2 heterocycles. The Morgan fingerprint density at radius 2 is 2.24 bits per heavy atom. The predicted molar refractivity (Wildman–Crippen MR) is 70.3 cm³/mol. The molecule has 0 unspecified atom stereocenters. The van der Waals surface area contributed by atoms with Crippen LogP contribution in [-0.4, -0.2) is 40.8 Å². The second-order valence-corrected chi connectivity index (χ2v) is 4.89. The van der Waals surface area contributed by atoms with E-state index in [0.29, 0.717) is 6.04 Å². The van der Waals surface area contributed by atoms with Crippen LogP contribution < -0.4 is 5.32 Å². The van der Waals surface area contributed by atoms with Gasteiger partial charge in [0.2, 0.25) is 0 Å². The summed E-state index contributed by atoms with van der Waals surface area (Å²) in [4.78, 5) is 2.48. The van der Waals surface area contributed by atoms with Crippen LogP contribution in [0.1, 0.15) is 31.0 Å². The fourth-order valence-corrected chi connectivity index (χ4v) is 2.41. The average molecular weight is 234 g/mol. The number of nitrogens with one attached hydrogen (secondary N) is 1. The Morgan fingerprint density at radius 1 is 1.41 bits per heavy atom. The maximum atomic E-state index is 4.24. The Hall–Kier alpha value is -1.16. The molecule has 1 saturated heterocycles. The second kappa shape index (κ2) is 5.45. The number of hydrogen-bond donors (Lipinski definition) is 1. The maximum Gasteiger partial charge on any atom is 0.151 e. The number of aromatic nitrogens is 2. The van der Waals surface area contributed by atoms with Gasteiger partial charge in [0, 0.05) is 12.6 Å². The highest BCUT2D eigenvalue weighted by atomic mass is 15.2. The summed E-state index contributed by atoms with van der Waals surface area (Å²) in [5.41, 5.74) is 2.16. The molecule has 1 aliphatic rings. The lowest BCUT2D eigenvalue weighted by Gasteiger charge is -2.32. The van der Waals surface area contributed by atoms with E-state index in [2.05, 4.69) is 40.3 Å². The fraction of sp³-hybridized carbons (Fsp3) is 0.692. The van der Waals surface area contributed by atoms with Gasteiger partial charge in [-0.05, 0) is 51.4 Å². The number of anilines is 1. The second-order valence-electron chi connectivity index (χ2n) is 4.89. The van der Waals surface area contributed by atoms with Crippen molar-refractivity contribution in [2.24, 2.45) is 0 Å². The van der Waals surface area contributed by atoms with Gasteiger partial charge in [-0.3, -0.25) is 0 Å². The molecule has 1 aliphatic heterocycles. The third-order valence-corrected chi connectivity index (χ3v) is 3.40. The normalized spacial score (nSPS) is 21.5. The average Bonchev–Trinajstić information content (AvgIpc) is 2.33. The zero-order valence-electron chi connectivity index (χ0n) is 11.0. The van der Waals surface area contributed by atoms with E-state index >= 15 is 0 Å². The third kappa shape index (κ3) is 3.16. The first kappa shape index (κ1) is 12.3. The van der Waals surface area contributed by atoms with E-state index in [-0.39, 0.29) is 0 Å². The largest absolute Gasteiger partial charge is 0.364 e. The first-order valence-corrected chi connectivity index (χ1v) is 6.49. The van der Waals surface area contributed by atoms with Crippen LogP contribution in [0.25, 0.3) is 0 Å². The molecule has 1 aromatic rings. The van der Waals surface area contributed by atoms with E-state index < -0.39 is 0 Å².